The third-order valence-electron chi connectivity index (χ3n) is 2.59. The summed E-state index contributed by atoms with van der Waals surface area (Å²) >= 11 is 5.58. The minimum atomic E-state index is 0.253. The SMILES string of the molecule is COc1ccc(OCc2nonc2C)c(C#CCCl)c1. The number of benzene rings is 1. The molecule has 0 N–H and O–H groups in total. The summed E-state index contributed by atoms with van der Waals surface area (Å²) in [6, 6.07) is 5.39. The number of methoxy groups -OCH3 is 1. The van der Waals surface area contributed by atoms with Gasteiger partial charge in [0.15, 0.2) is 0 Å². The topological polar surface area (TPSA) is 57.4 Å². The number of ether oxygens (including phenoxy) is 2. The minimum Gasteiger partial charge on any atom is -0.497 e. The van der Waals surface area contributed by atoms with Crippen molar-refractivity contribution in [3.05, 3.63) is 35.2 Å². The van der Waals surface area contributed by atoms with Crippen molar-refractivity contribution in [2.75, 3.05) is 13.0 Å². The van der Waals surface area contributed by atoms with E-state index in [-0.39, 0.29) is 12.5 Å². The van der Waals surface area contributed by atoms with Crippen molar-refractivity contribution >= 4 is 11.6 Å². The van der Waals surface area contributed by atoms with E-state index in [0.29, 0.717) is 28.5 Å². The van der Waals surface area contributed by atoms with Gasteiger partial charge in [0.2, 0.25) is 0 Å². The first kappa shape index (κ1) is 14.2. The highest BCUT2D eigenvalue weighted by Crippen LogP contribution is 2.24. The summed E-state index contributed by atoms with van der Waals surface area (Å²) in [5.74, 6) is 7.32. The van der Waals surface area contributed by atoms with Crippen molar-refractivity contribution < 1.29 is 14.1 Å². The van der Waals surface area contributed by atoms with Crippen LogP contribution in [0.15, 0.2) is 22.8 Å². The molecule has 2 rings (SSSR count). The number of hydrogen-bond acceptors (Lipinski definition) is 5. The Labute approximate surface area is 121 Å². The van der Waals surface area contributed by atoms with Crippen LogP contribution in [0.5, 0.6) is 11.5 Å². The molecule has 0 unspecified atom stereocenters. The first-order valence-corrected chi connectivity index (χ1v) is 6.41. The second-order valence-corrected chi connectivity index (χ2v) is 4.15. The van der Waals surface area contributed by atoms with Crippen LogP contribution in [-0.2, 0) is 6.61 Å². The molecule has 0 radical (unpaired) electrons. The van der Waals surface area contributed by atoms with Crippen LogP contribution in [0, 0.1) is 18.8 Å². The summed E-state index contributed by atoms with van der Waals surface area (Å²) in [5.41, 5.74) is 2.06. The van der Waals surface area contributed by atoms with Crippen LogP contribution in [0.3, 0.4) is 0 Å². The van der Waals surface area contributed by atoms with Gasteiger partial charge in [-0.25, -0.2) is 4.63 Å². The van der Waals surface area contributed by atoms with Gasteiger partial charge in [-0.1, -0.05) is 22.2 Å². The Kier molecular flexibility index (Phi) is 4.85. The van der Waals surface area contributed by atoms with Crippen LogP contribution in [0.4, 0.5) is 0 Å². The van der Waals surface area contributed by atoms with Gasteiger partial charge in [-0.15, -0.1) is 11.6 Å². The monoisotopic (exact) mass is 292 g/mol. The van der Waals surface area contributed by atoms with Crippen LogP contribution >= 0.6 is 11.6 Å². The van der Waals surface area contributed by atoms with E-state index in [0.717, 1.165) is 0 Å². The fourth-order valence-corrected chi connectivity index (χ4v) is 1.58. The Morgan fingerprint density at radius 2 is 2.20 bits per heavy atom. The predicted molar refractivity (Wildman–Crippen MR) is 74.0 cm³/mol. The normalized spacial score (nSPS) is 9.75. The molecule has 0 aliphatic carbocycles. The maximum Gasteiger partial charge on any atom is 0.145 e. The summed E-state index contributed by atoms with van der Waals surface area (Å²) < 4.78 is 15.5. The maximum absolute atomic E-state index is 5.70. The van der Waals surface area contributed by atoms with Gasteiger partial charge >= 0.3 is 0 Å². The van der Waals surface area contributed by atoms with Gasteiger partial charge in [-0.2, -0.15) is 0 Å². The number of rotatable bonds is 4. The Morgan fingerprint density at radius 3 is 2.85 bits per heavy atom. The fourth-order valence-electron chi connectivity index (χ4n) is 1.51. The predicted octanol–water partition coefficient (Wildman–Crippen LogP) is 2.56. The van der Waals surface area contributed by atoms with Crippen LogP contribution in [0.25, 0.3) is 0 Å². The second-order valence-electron chi connectivity index (χ2n) is 3.88. The van der Waals surface area contributed by atoms with E-state index in [4.69, 9.17) is 21.1 Å². The van der Waals surface area contributed by atoms with Crippen molar-refractivity contribution in [1.82, 2.24) is 10.3 Å². The van der Waals surface area contributed by atoms with E-state index in [2.05, 4.69) is 26.8 Å². The van der Waals surface area contributed by atoms with E-state index < -0.39 is 0 Å². The first-order valence-electron chi connectivity index (χ1n) is 5.88. The molecule has 0 saturated carbocycles. The zero-order chi connectivity index (χ0) is 14.4. The lowest BCUT2D eigenvalue weighted by molar-refractivity contribution is 0.269. The lowest BCUT2D eigenvalue weighted by Crippen LogP contribution is -1.99. The van der Waals surface area contributed by atoms with Gasteiger partial charge in [0.25, 0.3) is 0 Å². The molecule has 6 heteroatoms. The average Bonchev–Trinajstić information content (AvgIpc) is 2.88. The van der Waals surface area contributed by atoms with Crippen molar-refractivity contribution in [2.24, 2.45) is 0 Å². The van der Waals surface area contributed by atoms with Crippen LogP contribution in [0.1, 0.15) is 17.0 Å². The molecule has 0 spiro atoms. The molecule has 2 aromatic rings. The van der Waals surface area contributed by atoms with E-state index >= 15 is 0 Å². The molecular weight excluding hydrogens is 280 g/mol. The fraction of sp³-hybridized carbons (Fsp3) is 0.286. The lowest BCUT2D eigenvalue weighted by atomic mass is 10.2. The summed E-state index contributed by atoms with van der Waals surface area (Å²) in [4.78, 5) is 0. The zero-order valence-electron chi connectivity index (χ0n) is 11.1. The zero-order valence-corrected chi connectivity index (χ0v) is 11.9. The standard InChI is InChI=1S/C14H13ClN2O3/c1-10-13(17-20-16-10)9-19-14-6-5-12(18-2)8-11(14)4-3-7-15/h5-6,8H,7,9H2,1-2H3. The van der Waals surface area contributed by atoms with Gasteiger partial charge in [-0.05, 0) is 25.1 Å². The van der Waals surface area contributed by atoms with Crippen molar-refractivity contribution in [2.45, 2.75) is 13.5 Å². The largest absolute Gasteiger partial charge is 0.497 e. The van der Waals surface area contributed by atoms with E-state index in [1.54, 1.807) is 32.2 Å². The van der Waals surface area contributed by atoms with Gasteiger partial charge in [0.05, 0.1) is 18.6 Å². The molecule has 20 heavy (non-hydrogen) atoms. The highest BCUT2D eigenvalue weighted by Gasteiger charge is 2.08. The molecule has 1 aromatic carbocycles. The third-order valence-corrected chi connectivity index (χ3v) is 2.72. The number of aryl methyl sites for hydroxylation is 1. The van der Waals surface area contributed by atoms with Crippen molar-refractivity contribution in [3.8, 4) is 23.3 Å². The van der Waals surface area contributed by atoms with Crippen LogP contribution < -0.4 is 9.47 Å². The van der Waals surface area contributed by atoms with Gasteiger partial charge in [-0.3, -0.25) is 0 Å². The second kappa shape index (κ2) is 6.83. The lowest BCUT2D eigenvalue weighted by Gasteiger charge is -2.08. The summed E-state index contributed by atoms with van der Waals surface area (Å²) in [5, 5.41) is 7.46. The van der Waals surface area contributed by atoms with Crippen molar-refractivity contribution in [1.29, 1.82) is 0 Å². The summed E-state index contributed by atoms with van der Waals surface area (Å²) in [7, 11) is 1.60. The Bertz CT molecular complexity index is 643. The molecule has 0 saturated heterocycles. The van der Waals surface area contributed by atoms with Crippen LogP contribution in [-0.4, -0.2) is 23.3 Å². The molecule has 104 valence electrons. The van der Waals surface area contributed by atoms with E-state index in [1.165, 1.54) is 0 Å². The highest BCUT2D eigenvalue weighted by molar-refractivity contribution is 6.19. The number of halogens is 1. The van der Waals surface area contributed by atoms with Gasteiger partial charge in [0.1, 0.15) is 29.5 Å². The molecule has 0 aliphatic rings. The average molecular weight is 293 g/mol. The molecule has 0 fully saturated rings. The van der Waals surface area contributed by atoms with E-state index in [1.807, 2.05) is 0 Å². The number of alkyl halides is 1. The molecule has 1 heterocycles. The summed E-state index contributed by atoms with van der Waals surface area (Å²) in [6.07, 6.45) is 0. The molecule has 0 aliphatic heterocycles. The Morgan fingerprint density at radius 1 is 1.35 bits per heavy atom. The quantitative estimate of drug-likeness (QED) is 0.640. The van der Waals surface area contributed by atoms with Crippen LogP contribution in [0.2, 0.25) is 0 Å². The Hall–Kier alpha value is -2.19. The number of hydrogen-bond donors (Lipinski definition) is 0. The smallest absolute Gasteiger partial charge is 0.145 e. The highest BCUT2D eigenvalue weighted by atomic mass is 35.5. The number of nitrogens with zero attached hydrogens (tertiary/aromatic N) is 2. The molecule has 1 aromatic heterocycles. The molecule has 0 atom stereocenters. The Balaban J connectivity index is 2.19. The maximum atomic E-state index is 5.70. The van der Waals surface area contributed by atoms with E-state index in [9.17, 15) is 0 Å². The van der Waals surface area contributed by atoms with Crippen molar-refractivity contribution in [3.63, 3.8) is 0 Å². The molecule has 0 bridgehead atoms. The first-order chi connectivity index (χ1) is 9.74. The summed E-state index contributed by atoms with van der Waals surface area (Å²) in [6.45, 7) is 2.06. The number of aromatic nitrogens is 2. The van der Waals surface area contributed by atoms with Gasteiger partial charge < -0.3 is 9.47 Å². The molecule has 5 nitrogen and oxygen atoms in total. The molecular formula is C14H13ClN2O3. The third kappa shape index (κ3) is 3.43. The minimum absolute atomic E-state index is 0.253. The van der Waals surface area contributed by atoms with Gasteiger partial charge in [0, 0.05) is 0 Å². The molecule has 0 amide bonds.